The quantitative estimate of drug-likeness (QED) is 0.324. The van der Waals surface area contributed by atoms with E-state index in [0.29, 0.717) is 0 Å². The molecule has 0 heterocycles. The number of esters is 1. The SMILES string of the molecule is N#CC(C(=O)OC1CCCCC1)=C(N)S. The van der Waals surface area contributed by atoms with Crippen molar-refractivity contribution in [3.63, 3.8) is 0 Å². The number of carbonyl (C=O) groups excluding carboxylic acids is 1. The number of ether oxygens (including phenoxy) is 1. The number of thiol groups is 1. The molecule has 1 fully saturated rings. The van der Waals surface area contributed by atoms with Gasteiger partial charge in [0.25, 0.3) is 0 Å². The van der Waals surface area contributed by atoms with Crippen LogP contribution >= 0.6 is 12.6 Å². The van der Waals surface area contributed by atoms with E-state index in [4.69, 9.17) is 15.7 Å². The van der Waals surface area contributed by atoms with E-state index >= 15 is 0 Å². The second-order valence-electron chi connectivity index (χ2n) is 3.54. The van der Waals surface area contributed by atoms with Crippen molar-refractivity contribution in [3.05, 3.63) is 10.6 Å². The Morgan fingerprint density at radius 1 is 1.40 bits per heavy atom. The molecule has 0 aromatic rings. The van der Waals surface area contributed by atoms with Crippen LogP contribution in [0.15, 0.2) is 10.6 Å². The molecule has 0 atom stereocenters. The summed E-state index contributed by atoms with van der Waals surface area (Å²) in [4.78, 5) is 11.5. The first-order chi connectivity index (χ1) is 7.15. The highest BCUT2D eigenvalue weighted by molar-refractivity contribution is 7.84. The molecule has 0 unspecified atom stereocenters. The molecule has 0 aromatic heterocycles. The number of nitriles is 1. The van der Waals surface area contributed by atoms with Gasteiger partial charge in [-0.1, -0.05) is 6.42 Å². The standard InChI is InChI=1S/C10H14N2O2S/c11-6-8(9(12)15)10(13)14-7-4-2-1-3-5-7/h7,15H,1-5,12H2. The molecule has 0 radical (unpaired) electrons. The van der Waals surface area contributed by atoms with Gasteiger partial charge in [0.15, 0.2) is 5.57 Å². The van der Waals surface area contributed by atoms with Gasteiger partial charge in [-0.15, -0.1) is 12.6 Å². The number of nitrogens with two attached hydrogens (primary N) is 1. The van der Waals surface area contributed by atoms with E-state index in [1.165, 1.54) is 6.42 Å². The number of hydrogen-bond donors (Lipinski definition) is 2. The van der Waals surface area contributed by atoms with Gasteiger partial charge in [-0.3, -0.25) is 0 Å². The van der Waals surface area contributed by atoms with Crippen molar-refractivity contribution >= 4 is 18.6 Å². The lowest BCUT2D eigenvalue weighted by molar-refractivity contribution is -0.145. The maximum atomic E-state index is 11.5. The van der Waals surface area contributed by atoms with Crippen LogP contribution in [0.2, 0.25) is 0 Å². The summed E-state index contributed by atoms with van der Waals surface area (Å²) < 4.78 is 5.16. The third-order valence-electron chi connectivity index (χ3n) is 2.40. The fraction of sp³-hybridized carbons (Fsp3) is 0.600. The van der Waals surface area contributed by atoms with Crippen LogP contribution in [0, 0.1) is 11.3 Å². The molecule has 0 aromatic carbocycles. The Labute approximate surface area is 94.5 Å². The van der Waals surface area contributed by atoms with Crippen LogP contribution in [0.1, 0.15) is 32.1 Å². The van der Waals surface area contributed by atoms with E-state index in [-0.39, 0.29) is 16.7 Å². The van der Waals surface area contributed by atoms with E-state index in [1.54, 1.807) is 6.07 Å². The molecule has 2 N–H and O–H groups in total. The molecule has 0 bridgehead atoms. The molecule has 5 heteroatoms. The van der Waals surface area contributed by atoms with Crippen LogP contribution in [0.3, 0.4) is 0 Å². The van der Waals surface area contributed by atoms with Gasteiger partial charge in [-0.05, 0) is 25.7 Å². The summed E-state index contributed by atoms with van der Waals surface area (Å²) in [6.45, 7) is 0. The second-order valence-corrected chi connectivity index (χ2v) is 4.02. The van der Waals surface area contributed by atoms with Crippen molar-refractivity contribution in [1.29, 1.82) is 5.26 Å². The Hall–Kier alpha value is -1.15. The number of rotatable bonds is 2. The average molecular weight is 226 g/mol. The molecular formula is C10H14N2O2S. The zero-order valence-corrected chi connectivity index (χ0v) is 9.30. The summed E-state index contributed by atoms with van der Waals surface area (Å²) in [5, 5.41) is 8.57. The molecule has 1 saturated carbocycles. The maximum Gasteiger partial charge on any atom is 0.351 e. The normalized spacial score (nSPS) is 18.9. The predicted octanol–water partition coefficient (Wildman–Crippen LogP) is 1.49. The van der Waals surface area contributed by atoms with Gasteiger partial charge in [0.1, 0.15) is 12.2 Å². The highest BCUT2D eigenvalue weighted by atomic mass is 32.1. The summed E-state index contributed by atoms with van der Waals surface area (Å²) in [6.07, 6.45) is 5.00. The van der Waals surface area contributed by atoms with Gasteiger partial charge in [-0.25, -0.2) is 4.79 Å². The summed E-state index contributed by atoms with van der Waals surface area (Å²) in [7, 11) is 0. The monoisotopic (exact) mass is 226 g/mol. The molecular weight excluding hydrogens is 212 g/mol. The van der Waals surface area contributed by atoms with E-state index in [1.807, 2.05) is 0 Å². The van der Waals surface area contributed by atoms with E-state index < -0.39 is 5.97 Å². The largest absolute Gasteiger partial charge is 0.458 e. The third kappa shape index (κ3) is 3.48. The fourth-order valence-electron chi connectivity index (χ4n) is 1.60. The summed E-state index contributed by atoms with van der Waals surface area (Å²) >= 11 is 3.76. The average Bonchev–Trinajstić information content (AvgIpc) is 2.19. The summed E-state index contributed by atoms with van der Waals surface area (Å²) in [5.41, 5.74) is 5.07. The Kier molecular flexibility index (Phi) is 4.50. The maximum absolute atomic E-state index is 11.5. The van der Waals surface area contributed by atoms with Crippen LogP contribution in [0.25, 0.3) is 0 Å². The van der Waals surface area contributed by atoms with E-state index in [2.05, 4.69) is 12.6 Å². The summed E-state index contributed by atoms with van der Waals surface area (Å²) in [5.74, 6) is -0.656. The van der Waals surface area contributed by atoms with Crippen molar-refractivity contribution in [2.24, 2.45) is 5.73 Å². The Bertz CT molecular complexity index is 310. The van der Waals surface area contributed by atoms with Crippen LogP contribution in [-0.2, 0) is 9.53 Å². The van der Waals surface area contributed by atoms with E-state index in [9.17, 15) is 4.79 Å². The minimum Gasteiger partial charge on any atom is -0.458 e. The Morgan fingerprint density at radius 3 is 2.47 bits per heavy atom. The number of hydrogen-bond acceptors (Lipinski definition) is 5. The van der Waals surface area contributed by atoms with Gasteiger partial charge >= 0.3 is 5.97 Å². The van der Waals surface area contributed by atoms with Gasteiger partial charge < -0.3 is 10.5 Å². The number of nitrogens with zero attached hydrogens (tertiary/aromatic N) is 1. The smallest absolute Gasteiger partial charge is 0.351 e. The zero-order valence-electron chi connectivity index (χ0n) is 8.40. The predicted molar refractivity (Wildman–Crippen MR) is 58.8 cm³/mol. The van der Waals surface area contributed by atoms with Gasteiger partial charge in [0, 0.05) is 0 Å². The lowest BCUT2D eigenvalue weighted by Gasteiger charge is -2.21. The lowest BCUT2D eigenvalue weighted by Crippen LogP contribution is -2.22. The molecule has 15 heavy (non-hydrogen) atoms. The minimum atomic E-state index is -0.656. The topological polar surface area (TPSA) is 76.1 Å². The molecule has 0 aliphatic heterocycles. The van der Waals surface area contributed by atoms with Crippen LogP contribution in [0.4, 0.5) is 0 Å². The zero-order chi connectivity index (χ0) is 11.3. The molecule has 1 rings (SSSR count). The van der Waals surface area contributed by atoms with Crippen LogP contribution in [0.5, 0.6) is 0 Å². The van der Waals surface area contributed by atoms with Gasteiger partial charge in [-0.2, -0.15) is 5.26 Å². The molecule has 0 saturated heterocycles. The van der Waals surface area contributed by atoms with Crippen molar-refractivity contribution in [2.45, 2.75) is 38.2 Å². The summed E-state index contributed by atoms with van der Waals surface area (Å²) in [6, 6.07) is 1.69. The molecule has 0 amide bonds. The fourth-order valence-corrected chi connectivity index (χ4v) is 1.74. The Morgan fingerprint density at radius 2 is 2.00 bits per heavy atom. The van der Waals surface area contributed by atoms with Gasteiger partial charge in [0.2, 0.25) is 0 Å². The molecule has 4 nitrogen and oxygen atoms in total. The molecule has 0 spiro atoms. The van der Waals surface area contributed by atoms with Gasteiger partial charge in [0.05, 0.1) is 5.03 Å². The molecule has 1 aliphatic carbocycles. The first-order valence-corrected chi connectivity index (χ1v) is 5.39. The highest BCUT2D eigenvalue weighted by Crippen LogP contribution is 2.21. The molecule has 1 aliphatic rings. The van der Waals surface area contributed by atoms with Crippen molar-refractivity contribution in [2.75, 3.05) is 0 Å². The third-order valence-corrected chi connectivity index (χ3v) is 2.62. The van der Waals surface area contributed by atoms with E-state index in [0.717, 1.165) is 25.7 Å². The minimum absolute atomic E-state index is 0.0673. The lowest BCUT2D eigenvalue weighted by atomic mass is 9.98. The van der Waals surface area contributed by atoms with Crippen molar-refractivity contribution < 1.29 is 9.53 Å². The highest BCUT2D eigenvalue weighted by Gasteiger charge is 2.21. The first-order valence-electron chi connectivity index (χ1n) is 4.95. The van der Waals surface area contributed by atoms with Crippen LogP contribution in [-0.4, -0.2) is 12.1 Å². The second kappa shape index (κ2) is 5.66. The molecule has 82 valence electrons. The Balaban J connectivity index is 2.55. The van der Waals surface area contributed by atoms with Crippen molar-refractivity contribution in [3.8, 4) is 6.07 Å². The number of carbonyl (C=O) groups is 1. The first kappa shape index (κ1) is 11.9. The van der Waals surface area contributed by atoms with Crippen LogP contribution < -0.4 is 5.73 Å². The van der Waals surface area contributed by atoms with Crippen molar-refractivity contribution in [1.82, 2.24) is 0 Å².